The third-order valence-electron chi connectivity index (χ3n) is 6.16. The molecule has 3 aromatic rings. The van der Waals surface area contributed by atoms with E-state index >= 15 is 0 Å². The van der Waals surface area contributed by atoms with Gasteiger partial charge < -0.3 is 10.1 Å². The van der Waals surface area contributed by atoms with Crippen LogP contribution in [-0.4, -0.2) is 23.0 Å². The molecule has 5 rings (SSSR count). The van der Waals surface area contributed by atoms with E-state index in [9.17, 15) is 4.39 Å². The molecule has 0 saturated heterocycles. The molecule has 0 spiro atoms. The zero-order valence-corrected chi connectivity index (χ0v) is 17.7. The van der Waals surface area contributed by atoms with Crippen LogP contribution in [0.1, 0.15) is 33.5 Å². The molecule has 0 unspecified atom stereocenters. The number of hydrogen-bond acceptors (Lipinski definition) is 4. The Morgan fingerprint density at radius 3 is 2.90 bits per heavy atom. The first-order valence-electron chi connectivity index (χ1n) is 10.7. The van der Waals surface area contributed by atoms with Crippen LogP contribution in [0.5, 0.6) is 0 Å². The Labute approximate surface area is 182 Å². The third kappa shape index (κ3) is 4.19. The standard InChI is InChI=1S/C26H26FN3O/c1-17-3-6-22(14-24(17)27)28-26-8-5-20-15-30(12-10-25(20)29-26)11-9-19-4-7-23-18(2)31-16-21(23)13-19/h3-8,13-14H,2,9-12,15-16H2,1H3,(H,28,29). The molecule has 4 nitrogen and oxygen atoms in total. The molecule has 5 heteroatoms. The summed E-state index contributed by atoms with van der Waals surface area (Å²) in [6.45, 7) is 9.26. The highest BCUT2D eigenvalue weighted by molar-refractivity contribution is 5.64. The number of benzene rings is 2. The number of pyridine rings is 1. The van der Waals surface area contributed by atoms with Crippen molar-refractivity contribution in [2.45, 2.75) is 32.9 Å². The van der Waals surface area contributed by atoms with Crippen LogP contribution in [0, 0.1) is 12.7 Å². The second-order valence-corrected chi connectivity index (χ2v) is 8.37. The van der Waals surface area contributed by atoms with Crippen molar-refractivity contribution in [2.24, 2.45) is 0 Å². The third-order valence-corrected chi connectivity index (χ3v) is 6.16. The van der Waals surface area contributed by atoms with Crippen LogP contribution in [0.4, 0.5) is 15.9 Å². The van der Waals surface area contributed by atoms with Gasteiger partial charge >= 0.3 is 0 Å². The lowest BCUT2D eigenvalue weighted by atomic mass is 10.0. The van der Waals surface area contributed by atoms with Crippen LogP contribution in [0.3, 0.4) is 0 Å². The van der Waals surface area contributed by atoms with Crippen molar-refractivity contribution in [3.05, 3.63) is 94.4 Å². The highest BCUT2D eigenvalue weighted by Gasteiger charge is 2.19. The van der Waals surface area contributed by atoms with Crippen molar-refractivity contribution in [3.8, 4) is 0 Å². The number of halogens is 1. The van der Waals surface area contributed by atoms with Crippen molar-refractivity contribution in [2.75, 3.05) is 18.4 Å². The zero-order chi connectivity index (χ0) is 21.4. The number of aromatic nitrogens is 1. The molecule has 0 radical (unpaired) electrons. The molecular weight excluding hydrogens is 389 g/mol. The van der Waals surface area contributed by atoms with E-state index in [1.54, 1.807) is 13.0 Å². The summed E-state index contributed by atoms with van der Waals surface area (Å²) < 4.78 is 19.3. The summed E-state index contributed by atoms with van der Waals surface area (Å²) in [6.07, 6.45) is 1.94. The van der Waals surface area contributed by atoms with Crippen LogP contribution in [-0.2, 0) is 30.7 Å². The van der Waals surface area contributed by atoms with Crippen molar-refractivity contribution in [1.82, 2.24) is 9.88 Å². The maximum absolute atomic E-state index is 13.8. The van der Waals surface area contributed by atoms with Gasteiger partial charge in [-0.1, -0.05) is 36.9 Å². The van der Waals surface area contributed by atoms with Gasteiger partial charge in [0, 0.05) is 48.6 Å². The lowest BCUT2D eigenvalue weighted by molar-refractivity contribution is 0.255. The molecule has 0 bridgehead atoms. The highest BCUT2D eigenvalue weighted by atomic mass is 19.1. The quantitative estimate of drug-likeness (QED) is 0.608. The van der Waals surface area contributed by atoms with E-state index in [-0.39, 0.29) is 5.82 Å². The predicted octanol–water partition coefficient (Wildman–Crippen LogP) is 5.37. The van der Waals surface area contributed by atoms with Gasteiger partial charge in [-0.3, -0.25) is 4.90 Å². The topological polar surface area (TPSA) is 37.4 Å². The van der Waals surface area contributed by atoms with Crippen LogP contribution < -0.4 is 5.32 Å². The van der Waals surface area contributed by atoms with E-state index in [0.29, 0.717) is 12.2 Å². The normalized spacial score (nSPS) is 15.4. The van der Waals surface area contributed by atoms with Crippen LogP contribution in [0.25, 0.3) is 5.76 Å². The van der Waals surface area contributed by atoms with Gasteiger partial charge in [-0.05, 0) is 48.2 Å². The minimum absolute atomic E-state index is 0.209. The van der Waals surface area contributed by atoms with Gasteiger partial charge in [0.15, 0.2) is 0 Å². The average molecular weight is 416 g/mol. The van der Waals surface area contributed by atoms with E-state index in [2.05, 4.69) is 41.1 Å². The van der Waals surface area contributed by atoms with Gasteiger partial charge in [0.05, 0.1) is 0 Å². The van der Waals surface area contributed by atoms with E-state index < -0.39 is 0 Å². The van der Waals surface area contributed by atoms with Gasteiger partial charge in [-0.15, -0.1) is 0 Å². The molecule has 0 atom stereocenters. The predicted molar refractivity (Wildman–Crippen MR) is 122 cm³/mol. The molecule has 0 aliphatic carbocycles. The number of aryl methyl sites for hydroxylation is 1. The molecule has 0 saturated carbocycles. The van der Waals surface area contributed by atoms with Gasteiger partial charge in [0.1, 0.15) is 24.0 Å². The van der Waals surface area contributed by atoms with Crippen LogP contribution in [0.15, 0.2) is 55.1 Å². The number of hydrogen-bond donors (Lipinski definition) is 1. The fourth-order valence-corrected chi connectivity index (χ4v) is 4.28. The second kappa shape index (κ2) is 8.16. The molecule has 1 N–H and O–H groups in total. The van der Waals surface area contributed by atoms with E-state index in [0.717, 1.165) is 61.0 Å². The van der Waals surface area contributed by atoms with Gasteiger partial charge in [0.2, 0.25) is 0 Å². The molecule has 0 amide bonds. The summed E-state index contributed by atoms with van der Waals surface area (Å²) in [5.74, 6) is 1.33. The van der Waals surface area contributed by atoms with Gasteiger partial charge in [0.25, 0.3) is 0 Å². The number of nitrogens with one attached hydrogen (secondary N) is 1. The van der Waals surface area contributed by atoms with Gasteiger partial charge in [-0.25, -0.2) is 9.37 Å². The molecule has 31 heavy (non-hydrogen) atoms. The van der Waals surface area contributed by atoms with Crippen molar-refractivity contribution in [1.29, 1.82) is 0 Å². The monoisotopic (exact) mass is 415 g/mol. The summed E-state index contributed by atoms with van der Waals surface area (Å²) >= 11 is 0. The molecule has 0 fully saturated rings. The summed E-state index contributed by atoms with van der Waals surface area (Å²) in [5, 5.41) is 3.22. The zero-order valence-electron chi connectivity index (χ0n) is 17.7. The Morgan fingerprint density at radius 2 is 2.03 bits per heavy atom. The molecule has 1 aromatic heterocycles. The summed E-state index contributed by atoms with van der Waals surface area (Å²) in [5.41, 5.74) is 7.47. The fourth-order valence-electron chi connectivity index (χ4n) is 4.28. The number of anilines is 2. The maximum atomic E-state index is 13.8. The Bertz CT molecular complexity index is 1160. The van der Waals surface area contributed by atoms with Crippen molar-refractivity contribution in [3.63, 3.8) is 0 Å². The second-order valence-electron chi connectivity index (χ2n) is 8.37. The largest absolute Gasteiger partial charge is 0.489 e. The van der Waals surface area contributed by atoms with Gasteiger partial charge in [-0.2, -0.15) is 0 Å². The van der Waals surface area contributed by atoms with E-state index in [4.69, 9.17) is 9.72 Å². The lowest BCUT2D eigenvalue weighted by Gasteiger charge is -2.28. The number of rotatable bonds is 5. The summed E-state index contributed by atoms with van der Waals surface area (Å²) in [6, 6.07) is 15.8. The van der Waals surface area contributed by atoms with Crippen molar-refractivity contribution < 1.29 is 9.13 Å². The fraction of sp³-hybridized carbons (Fsp3) is 0.269. The first kappa shape index (κ1) is 19.8. The van der Waals surface area contributed by atoms with Crippen LogP contribution in [0.2, 0.25) is 0 Å². The van der Waals surface area contributed by atoms with Crippen LogP contribution >= 0.6 is 0 Å². The maximum Gasteiger partial charge on any atom is 0.130 e. The Hall–Kier alpha value is -3.18. The van der Waals surface area contributed by atoms with E-state index in [1.807, 2.05) is 12.1 Å². The smallest absolute Gasteiger partial charge is 0.130 e. The Morgan fingerprint density at radius 1 is 1.13 bits per heavy atom. The minimum Gasteiger partial charge on any atom is -0.489 e. The Balaban J connectivity index is 1.21. The summed E-state index contributed by atoms with van der Waals surface area (Å²) in [4.78, 5) is 7.26. The van der Waals surface area contributed by atoms with E-state index in [1.165, 1.54) is 22.8 Å². The number of fused-ring (bicyclic) bond motifs is 2. The summed E-state index contributed by atoms with van der Waals surface area (Å²) in [7, 11) is 0. The molecule has 2 aliphatic rings. The SMILES string of the molecule is C=C1OCc2cc(CCN3CCc4nc(Nc5ccc(C)c(F)c5)ccc4C3)ccc21. The molecule has 3 heterocycles. The number of nitrogens with zero attached hydrogens (tertiary/aromatic N) is 2. The first-order valence-corrected chi connectivity index (χ1v) is 10.7. The first-order chi connectivity index (χ1) is 15.0. The Kier molecular flexibility index (Phi) is 5.20. The minimum atomic E-state index is -0.209. The van der Waals surface area contributed by atoms with Crippen molar-refractivity contribution >= 4 is 17.3 Å². The molecule has 2 aliphatic heterocycles. The molecule has 2 aromatic carbocycles. The number of ether oxygens (including phenoxy) is 1. The lowest BCUT2D eigenvalue weighted by Crippen LogP contribution is -2.32. The molecular formula is C26H26FN3O. The average Bonchev–Trinajstić information content (AvgIpc) is 3.15. The molecule has 158 valence electrons. The highest BCUT2D eigenvalue weighted by Crippen LogP contribution is 2.29.